The molecule has 1 aromatic heterocycles. The van der Waals surface area contributed by atoms with Gasteiger partial charge >= 0.3 is 5.76 Å². The number of rotatable bonds is 11. The summed E-state index contributed by atoms with van der Waals surface area (Å²) in [4.78, 5) is 36.0. The number of likely N-dealkylation sites (N-methyl/N-ethyl adjacent to an activating group) is 1. The van der Waals surface area contributed by atoms with Crippen LogP contribution in [-0.4, -0.2) is 90.7 Å². The smallest absolute Gasteiger partial charge is 0.358 e. The van der Waals surface area contributed by atoms with Crippen molar-refractivity contribution < 1.29 is 9.32 Å². The molecule has 46 heavy (non-hydrogen) atoms. The van der Waals surface area contributed by atoms with Gasteiger partial charge in [0.25, 0.3) is 5.91 Å². The standard InChI is InChI=1S/C36H45N7O3/c1-24(23-40(3)4)26-12-14-31-27(19-26)10-11-28-20-29(33(44)41(5)6)13-15-32(28)36(31,34-39-35(45)46-42(34)7)16-17-38-22-25(2)43-18-8-9-30(43)21-37/h12-15,19-20,30,38H,1-2,8-11,16-18,22-23H2,3-7H3. The summed E-state index contributed by atoms with van der Waals surface area (Å²) in [7, 11) is 9.28. The number of aromatic nitrogens is 2. The average Bonchev–Trinajstić information content (AvgIpc) is 3.61. The van der Waals surface area contributed by atoms with Gasteiger partial charge in [-0.25, -0.2) is 4.79 Å². The highest BCUT2D eigenvalue weighted by Crippen LogP contribution is 2.47. The summed E-state index contributed by atoms with van der Waals surface area (Å²) in [6.45, 7) is 11.3. The molecule has 0 saturated carbocycles. The van der Waals surface area contributed by atoms with Gasteiger partial charge in [-0.05, 0) is 98.3 Å². The molecule has 1 aliphatic heterocycles. The predicted octanol–water partition coefficient (Wildman–Crippen LogP) is 3.56. The minimum Gasteiger partial charge on any atom is -0.358 e. The summed E-state index contributed by atoms with van der Waals surface area (Å²) < 4.78 is 6.98. The molecule has 1 aliphatic carbocycles. The quantitative estimate of drug-likeness (QED) is 0.323. The van der Waals surface area contributed by atoms with Crippen molar-refractivity contribution in [1.29, 1.82) is 5.26 Å². The van der Waals surface area contributed by atoms with Crippen LogP contribution in [0.25, 0.3) is 5.57 Å². The minimum absolute atomic E-state index is 0.0657. The number of nitrogens with one attached hydrogen (secondary N) is 1. The van der Waals surface area contributed by atoms with Crippen molar-refractivity contribution in [3.05, 3.63) is 105 Å². The second-order valence-corrected chi connectivity index (χ2v) is 13.0. The molecule has 1 amide bonds. The number of amides is 1. The SMILES string of the molecule is C=C(CN(C)C)c1ccc2c(c1)CCc1cc(C(=O)N(C)C)ccc1C2(CCNCC(=C)N1CCCC1C#N)c1nc(=O)on1C. The van der Waals surface area contributed by atoms with Gasteiger partial charge in [0, 0.05) is 52.0 Å². The van der Waals surface area contributed by atoms with E-state index in [-0.39, 0.29) is 11.9 Å². The third-order valence-corrected chi connectivity index (χ3v) is 9.27. The summed E-state index contributed by atoms with van der Waals surface area (Å²) in [5.41, 5.74) is 6.95. The fourth-order valence-corrected chi connectivity index (χ4v) is 7.15. The lowest BCUT2D eigenvalue weighted by Gasteiger charge is -2.36. The molecule has 2 aliphatic rings. The minimum atomic E-state index is -0.861. The van der Waals surface area contributed by atoms with E-state index in [1.165, 1.54) is 4.74 Å². The summed E-state index contributed by atoms with van der Waals surface area (Å²) >= 11 is 0. The van der Waals surface area contributed by atoms with E-state index < -0.39 is 11.2 Å². The van der Waals surface area contributed by atoms with Crippen molar-refractivity contribution >= 4 is 11.5 Å². The normalized spacial score (nSPS) is 18.9. The summed E-state index contributed by atoms with van der Waals surface area (Å²) in [6, 6.07) is 14.6. The van der Waals surface area contributed by atoms with Gasteiger partial charge in [-0.2, -0.15) is 15.0 Å². The van der Waals surface area contributed by atoms with Gasteiger partial charge in [0.05, 0.1) is 11.5 Å². The third kappa shape index (κ3) is 6.30. The fraction of sp³-hybridized carbons (Fsp3) is 0.444. The number of likely N-dealkylation sites (tertiary alicyclic amines) is 1. The Labute approximate surface area is 271 Å². The van der Waals surface area contributed by atoms with Crippen LogP contribution in [0.15, 0.2) is 64.6 Å². The zero-order valence-corrected chi connectivity index (χ0v) is 27.7. The fourth-order valence-electron chi connectivity index (χ4n) is 7.15. The molecular formula is C36H45N7O3. The van der Waals surface area contributed by atoms with Crippen molar-refractivity contribution in [2.24, 2.45) is 7.05 Å². The number of hydrogen-bond donors (Lipinski definition) is 1. The molecule has 1 fully saturated rings. The molecule has 2 aromatic carbocycles. The number of hydrogen-bond acceptors (Lipinski definition) is 8. The van der Waals surface area contributed by atoms with Crippen molar-refractivity contribution in [1.82, 2.24) is 29.7 Å². The molecule has 3 aromatic rings. The Hall–Kier alpha value is -4.46. The Balaban J connectivity index is 1.62. The molecule has 0 spiro atoms. The number of carbonyl (C=O) groups is 1. The molecular weight excluding hydrogens is 578 g/mol. The van der Waals surface area contributed by atoms with Crippen LogP contribution in [0.5, 0.6) is 0 Å². The average molecular weight is 624 g/mol. The monoisotopic (exact) mass is 623 g/mol. The highest BCUT2D eigenvalue weighted by atomic mass is 16.5. The van der Waals surface area contributed by atoms with Crippen molar-refractivity contribution in [3.8, 4) is 6.07 Å². The van der Waals surface area contributed by atoms with E-state index in [1.807, 2.05) is 32.3 Å². The van der Waals surface area contributed by atoms with Crippen LogP contribution < -0.4 is 11.1 Å². The maximum Gasteiger partial charge on any atom is 0.459 e. The van der Waals surface area contributed by atoms with Crippen LogP contribution in [0.2, 0.25) is 0 Å². The van der Waals surface area contributed by atoms with E-state index in [0.717, 1.165) is 71.4 Å². The second kappa shape index (κ2) is 13.5. The van der Waals surface area contributed by atoms with Crippen molar-refractivity contribution in [3.63, 3.8) is 0 Å². The second-order valence-electron chi connectivity index (χ2n) is 13.0. The molecule has 2 unspecified atom stereocenters. The van der Waals surface area contributed by atoms with Crippen molar-refractivity contribution in [2.75, 3.05) is 54.4 Å². The Bertz CT molecular complexity index is 1740. The first-order valence-corrected chi connectivity index (χ1v) is 15.9. The van der Waals surface area contributed by atoms with Crippen molar-refractivity contribution in [2.45, 2.75) is 43.6 Å². The number of nitrogens with zero attached hydrogens (tertiary/aromatic N) is 6. The maximum atomic E-state index is 13.1. The Kier molecular flexibility index (Phi) is 9.66. The van der Waals surface area contributed by atoms with Gasteiger partial charge in [0.1, 0.15) is 6.04 Å². The molecule has 2 heterocycles. The largest absolute Gasteiger partial charge is 0.459 e. The van der Waals surface area contributed by atoms with Gasteiger partial charge in [-0.1, -0.05) is 37.4 Å². The van der Waals surface area contributed by atoms with Crippen LogP contribution >= 0.6 is 0 Å². The van der Waals surface area contributed by atoms with E-state index in [1.54, 1.807) is 26.0 Å². The highest BCUT2D eigenvalue weighted by molar-refractivity contribution is 5.94. The lowest BCUT2D eigenvalue weighted by molar-refractivity contribution is 0.0827. The van der Waals surface area contributed by atoms with Crippen LogP contribution in [0.1, 0.15) is 63.3 Å². The molecule has 242 valence electrons. The van der Waals surface area contributed by atoms with Crippen LogP contribution in [0, 0.1) is 11.3 Å². The lowest BCUT2D eigenvalue weighted by atomic mass is 9.69. The number of aryl methyl sites for hydroxylation is 3. The first-order valence-electron chi connectivity index (χ1n) is 15.9. The van der Waals surface area contributed by atoms with E-state index in [4.69, 9.17) is 4.52 Å². The molecule has 1 N–H and O–H groups in total. The summed E-state index contributed by atoms with van der Waals surface area (Å²) in [5.74, 6) is -0.209. The number of fused-ring (bicyclic) bond motifs is 2. The maximum absolute atomic E-state index is 13.1. The van der Waals surface area contributed by atoms with Crippen LogP contribution in [0.4, 0.5) is 0 Å². The zero-order chi connectivity index (χ0) is 33.2. The van der Waals surface area contributed by atoms with E-state index in [2.05, 4.69) is 57.5 Å². The molecule has 2 atom stereocenters. The first-order chi connectivity index (χ1) is 22.0. The zero-order valence-electron chi connectivity index (χ0n) is 27.7. The Morgan fingerprint density at radius 2 is 1.76 bits per heavy atom. The van der Waals surface area contributed by atoms with Gasteiger partial charge in [-0.3, -0.25) is 4.79 Å². The number of nitriles is 1. The number of carbonyl (C=O) groups excluding carboxylic acids is 1. The Morgan fingerprint density at radius 1 is 1.11 bits per heavy atom. The van der Waals surface area contributed by atoms with E-state index in [9.17, 15) is 14.9 Å². The molecule has 0 radical (unpaired) electrons. The topological polar surface area (TPSA) is 111 Å². The molecule has 1 saturated heterocycles. The Morgan fingerprint density at radius 3 is 2.35 bits per heavy atom. The number of benzene rings is 2. The molecule has 10 heteroatoms. The summed E-state index contributed by atoms with van der Waals surface area (Å²) in [6.07, 6.45) is 3.85. The van der Waals surface area contributed by atoms with E-state index >= 15 is 0 Å². The van der Waals surface area contributed by atoms with Crippen LogP contribution in [-0.2, 0) is 25.3 Å². The third-order valence-electron chi connectivity index (χ3n) is 9.27. The lowest BCUT2D eigenvalue weighted by Crippen LogP contribution is -2.39. The highest BCUT2D eigenvalue weighted by Gasteiger charge is 2.45. The molecule has 0 bridgehead atoms. The van der Waals surface area contributed by atoms with Gasteiger partial charge in [0.2, 0.25) is 0 Å². The molecule has 5 rings (SSSR count). The molecule has 10 nitrogen and oxygen atoms in total. The first kappa shape index (κ1) is 32.9. The van der Waals surface area contributed by atoms with Gasteiger partial charge in [0.15, 0.2) is 5.82 Å². The predicted molar refractivity (Wildman–Crippen MR) is 179 cm³/mol. The van der Waals surface area contributed by atoms with Gasteiger partial charge in [-0.15, -0.1) is 0 Å². The van der Waals surface area contributed by atoms with Crippen LogP contribution in [0.3, 0.4) is 0 Å². The summed E-state index contributed by atoms with van der Waals surface area (Å²) in [5, 5.41) is 13.2. The van der Waals surface area contributed by atoms with E-state index in [0.29, 0.717) is 37.3 Å². The van der Waals surface area contributed by atoms with Gasteiger partial charge < -0.3 is 24.5 Å².